The molecule has 5 rings (SSSR count). The third kappa shape index (κ3) is 4.90. The third-order valence-corrected chi connectivity index (χ3v) is 6.65. The summed E-state index contributed by atoms with van der Waals surface area (Å²) < 4.78 is 13.3. The number of nitrogens with zero attached hydrogens (tertiary/aromatic N) is 7. The molecule has 4 aromatic heterocycles. The van der Waals surface area contributed by atoms with Gasteiger partial charge in [0.25, 0.3) is 0 Å². The summed E-state index contributed by atoms with van der Waals surface area (Å²) in [7, 11) is 7.73. The van der Waals surface area contributed by atoms with Crippen LogP contribution in [0.25, 0.3) is 22.3 Å². The van der Waals surface area contributed by atoms with Gasteiger partial charge in [-0.25, -0.2) is 9.97 Å². The van der Waals surface area contributed by atoms with Crippen molar-refractivity contribution in [2.45, 2.75) is 13.5 Å². The molecule has 0 spiro atoms. The number of aromatic nitrogens is 5. The van der Waals surface area contributed by atoms with E-state index in [9.17, 15) is 0 Å². The maximum atomic E-state index is 8.08. The number of morpholine rings is 1. The number of anilines is 3. The lowest BCUT2D eigenvalue weighted by Crippen LogP contribution is -2.37. The zero-order valence-corrected chi connectivity index (χ0v) is 22.4. The molecule has 0 radical (unpaired) electrons. The highest BCUT2D eigenvalue weighted by molar-refractivity contribution is 5.93. The zero-order valence-electron chi connectivity index (χ0n) is 22.4. The van der Waals surface area contributed by atoms with Gasteiger partial charge in [0.15, 0.2) is 5.82 Å². The van der Waals surface area contributed by atoms with Gasteiger partial charge in [-0.05, 0) is 33.2 Å². The maximum Gasteiger partial charge on any atom is 0.159 e. The molecule has 11 nitrogen and oxygen atoms in total. The summed E-state index contributed by atoms with van der Waals surface area (Å²) >= 11 is 0. The fraction of sp³-hybridized carbons (Fsp3) is 0.370. The third-order valence-electron chi connectivity index (χ3n) is 6.65. The molecule has 0 amide bonds. The van der Waals surface area contributed by atoms with Crippen molar-refractivity contribution in [1.29, 1.82) is 5.41 Å². The Labute approximate surface area is 222 Å². The minimum atomic E-state index is 0.649. The van der Waals surface area contributed by atoms with Gasteiger partial charge < -0.3 is 34.6 Å². The van der Waals surface area contributed by atoms with Gasteiger partial charge >= 0.3 is 0 Å². The first-order chi connectivity index (χ1) is 18.4. The van der Waals surface area contributed by atoms with Crippen molar-refractivity contribution in [1.82, 2.24) is 29.4 Å². The monoisotopic (exact) mass is 515 g/mol. The molecule has 0 unspecified atom stereocenters. The van der Waals surface area contributed by atoms with Gasteiger partial charge in [0.05, 0.1) is 49.3 Å². The predicted octanol–water partition coefficient (Wildman–Crippen LogP) is 3.38. The quantitative estimate of drug-likeness (QED) is 0.341. The van der Waals surface area contributed by atoms with E-state index in [2.05, 4.69) is 24.7 Å². The summed E-state index contributed by atoms with van der Waals surface area (Å²) in [6, 6.07) is 5.73. The summed E-state index contributed by atoms with van der Waals surface area (Å²) in [6.45, 7) is 5.40. The van der Waals surface area contributed by atoms with Crippen molar-refractivity contribution >= 4 is 34.6 Å². The summed E-state index contributed by atoms with van der Waals surface area (Å²) in [5.74, 6) is 3.13. The van der Waals surface area contributed by atoms with E-state index in [1.807, 2.05) is 46.3 Å². The van der Waals surface area contributed by atoms with Crippen LogP contribution in [-0.4, -0.2) is 83.1 Å². The normalized spacial score (nSPS) is 13.8. The van der Waals surface area contributed by atoms with E-state index in [1.54, 1.807) is 19.5 Å². The molecule has 0 aromatic carbocycles. The molecule has 1 fully saturated rings. The molecule has 1 saturated heterocycles. The largest absolute Gasteiger partial charge is 0.496 e. The Bertz CT molecular complexity index is 1480. The smallest absolute Gasteiger partial charge is 0.159 e. The van der Waals surface area contributed by atoms with Crippen LogP contribution in [0, 0.1) is 12.3 Å². The lowest BCUT2D eigenvalue weighted by Gasteiger charge is -2.28. The summed E-state index contributed by atoms with van der Waals surface area (Å²) in [6.07, 6.45) is 4.73. The van der Waals surface area contributed by atoms with E-state index in [0.29, 0.717) is 48.3 Å². The molecular formula is C27H33N9O2. The number of pyridine rings is 3. The number of hydrogen-bond donors (Lipinski definition) is 2. The van der Waals surface area contributed by atoms with E-state index in [4.69, 9.17) is 29.8 Å². The van der Waals surface area contributed by atoms with Crippen LogP contribution in [0.3, 0.4) is 0 Å². The number of fused-ring (bicyclic) bond motifs is 1. The number of hydrogen-bond acceptors (Lipinski definition) is 10. The Balaban J connectivity index is 1.63. The van der Waals surface area contributed by atoms with Gasteiger partial charge in [0.2, 0.25) is 0 Å². The molecule has 5 heterocycles. The molecule has 198 valence electrons. The van der Waals surface area contributed by atoms with Crippen LogP contribution in [0.1, 0.15) is 17.1 Å². The fourth-order valence-corrected chi connectivity index (χ4v) is 4.70. The van der Waals surface area contributed by atoms with Gasteiger partial charge in [-0.1, -0.05) is 0 Å². The second-order valence-electron chi connectivity index (χ2n) is 9.52. The summed E-state index contributed by atoms with van der Waals surface area (Å²) in [5.41, 5.74) is 5.45. The van der Waals surface area contributed by atoms with Crippen LogP contribution in [0.2, 0.25) is 0 Å². The highest BCUT2D eigenvalue weighted by Crippen LogP contribution is 2.34. The highest BCUT2D eigenvalue weighted by atomic mass is 16.5. The van der Waals surface area contributed by atoms with Crippen molar-refractivity contribution in [3.63, 3.8) is 0 Å². The standard InChI is InChI=1S/C27H33N9O2/c1-17-18(14-28)20(12-21(30-17)19-15-29-7-6-23(19)37-5)31-24-13-22-26(33-25(35(22)4)16-34(2)3)27(32-24)36-8-10-38-11-9-36/h6-7,12-15,28H,8-11,16H2,1-5H3,(H,30,31,32). The van der Waals surface area contributed by atoms with Gasteiger partial charge in [-0.2, -0.15) is 0 Å². The highest BCUT2D eigenvalue weighted by Gasteiger charge is 2.22. The summed E-state index contributed by atoms with van der Waals surface area (Å²) in [4.78, 5) is 23.3. The number of imidazole rings is 1. The van der Waals surface area contributed by atoms with Crippen molar-refractivity contribution in [3.8, 4) is 17.0 Å². The van der Waals surface area contributed by atoms with Gasteiger partial charge in [0.1, 0.15) is 22.9 Å². The molecule has 0 saturated carbocycles. The summed E-state index contributed by atoms with van der Waals surface area (Å²) in [5, 5.41) is 11.6. The van der Waals surface area contributed by atoms with Crippen LogP contribution in [0.5, 0.6) is 5.75 Å². The molecule has 1 aliphatic rings. The average Bonchev–Trinajstić information content (AvgIpc) is 3.22. The maximum absolute atomic E-state index is 8.08. The molecule has 1 aliphatic heterocycles. The average molecular weight is 516 g/mol. The molecule has 4 aromatic rings. The van der Waals surface area contributed by atoms with E-state index in [1.165, 1.54) is 6.21 Å². The Kier molecular flexibility index (Phi) is 7.21. The predicted molar refractivity (Wildman–Crippen MR) is 149 cm³/mol. The first-order valence-corrected chi connectivity index (χ1v) is 12.5. The first-order valence-electron chi connectivity index (χ1n) is 12.5. The zero-order chi connectivity index (χ0) is 26.8. The SMILES string of the molecule is COc1ccncc1-c1cc(Nc2cc3c(nc(CN(C)C)n3C)c(N3CCOCC3)n2)c(C=N)c(C)n1. The second-order valence-corrected chi connectivity index (χ2v) is 9.52. The van der Waals surface area contributed by atoms with Crippen LogP contribution in [0.15, 0.2) is 30.6 Å². The molecule has 0 bridgehead atoms. The minimum absolute atomic E-state index is 0.649. The number of aryl methyl sites for hydroxylation is 2. The molecule has 11 heteroatoms. The number of rotatable bonds is 8. The topological polar surface area (TPSA) is 117 Å². The van der Waals surface area contributed by atoms with Crippen molar-refractivity contribution in [2.24, 2.45) is 7.05 Å². The second kappa shape index (κ2) is 10.7. The Morgan fingerprint density at radius 3 is 2.68 bits per heavy atom. The number of ether oxygens (including phenoxy) is 2. The molecule has 0 aliphatic carbocycles. The fourth-order valence-electron chi connectivity index (χ4n) is 4.70. The minimum Gasteiger partial charge on any atom is -0.496 e. The Hall–Kier alpha value is -4.09. The first kappa shape index (κ1) is 25.6. The lowest BCUT2D eigenvalue weighted by molar-refractivity contribution is 0.122. The van der Waals surface area contributed by atoms with E-state index >= 15 is 0 Å². The van der Waals surface area contributed by atoms with E-state index < -0.39 is 0 Å². The number of nitrogens with one attached hydrogen (secondary N) is 2. The van der Waals surface area contributed by atoms with Crippen molar-refractivity contribution < 1.29 is 9.47 Å². The van der Waals surface area contributed by atoms with Crippen LogP contribution < -0.4 is 15.0 Å². The van der Waals surface area contributed by atoms with Gasteiger partial charge in [-0.3, -0.25) is 9.97 Å². The molecule has 2 N–H and O–H groups in total. The lowest BCUT2D eigenvalue weighted by atomic mass is 10.1. The Morgan fingerprint density at radius 1 is 1.18 bits per heavy atom. The van der Waals surface area contributed by atoms with E-state index in [-0.39, 0.29) is 0 Å². The van der Waals surface area contributed by atoms with Crippen LogP contribution in [0.4, 0.5) is 17.3 Å². The molecule has 0 atom stereocenters. The number of methoxy groups -OCH3 is 1. The van der Waals surface area contributed by atoms with E-state index in [0.717, 1.165) is 47.0 Å². The van der Waals surface area contributed by atoms with Crippen LogP contribution >= 0.6 is 0 Å². The van der Waals surface area contributed by atoms with Crippen molar-refractivity contribution in [2.75, 3.05) is 57.7 Å². The molecule has 38 heavy (non-hydrogen) atoms. The van der Waals surface area contributed by atoms with Gasteiger partial charge in [0, 0.05) is 56.1 Å². The van der Waals surface area contributed by atoms with Crippen molar-refractivity contribution in [3.05, 3.63) is 47.7 Å². The molecular weight excluding hydrogens is 482 g/mol. The Morgan fingerprint density at radius 2 is 1.97 bits per heavy atom. The van der Waals surface area contributed by atoms with Crippen LogP contribution in [-0.2, 0) is 18.3 Å². The van der Waals surface area contributed by atoms with Gasteiger partial charge in [-0.15, -0.1) is 0 Å².